The van der Waals surface area contributed by atoms with Crippen molar-refractivity contribution in [3.63, 3.8) is 0 Å². The highest BCUT2D eigenvalue weighted by molar-refractivity contribution is 7.95. The Bertz CT molecular complexity index is 1020. The number of aldehydes is 1. The number of halogens is 1. The van der Waals surface area contributed by atoms with E-state index in [2.05, 4.69) is 32.5 Å². The van der Waals surface area contributed by atoms with Crippen LogP contribution in [0.25, 0.3) is 10.9 Å². The number of unbranched alkanes of at least 4 members (excludes halogenated alkanes) is 1. The molecule has 0 radical (unpaired) electrons. The van der Waals surface area contributed by atoms with Crippen molar-refractivity contribution in [3.05, 3.63) is 72.2 Å². The number of rotatable bonds is 11. The van der Waals surface area contributed by atoms with Gasteiger partial charge in [0.05, 0.1) is 17.2 Å². The van der Waals surface area contributed by atoms with Gasteiger partial charge in [-0.05, 0) is 49.1 Å². The van der Waals surface area contributed by atoms with Crippen molar-refractivity contribution in [2.45, 2.75) is 31.9 Å². The number of hydrogen-bond donors (Lipinski definition) is 4. The number of alkyl carbamates (subject to hydrolysis) is 1. The second-order valence-corrected chi connectivity index (χ2v) is 7.75. The lowest BCUT2D eigenvalue weighted by Crippen LogP contribution is -2.36. The first-order valence-electron chi connectivity index (χ1n) is 10.8. The van der Waals surface area contributed by atoms with Crippen molar-refractivity contribution >= 4 is 41.1 Å². The second-order valence-electron chi connectivity index (χ2n) is 7.23. The molecule has 1 amide bonds. The molecule has 8 nitrogen and oxygen atoms in total. The van der Waals surface area contributed by atoms with Crippen molar-refractivity contribution < 1.29 is 18.7 Å². The van der Waals surface area contributed by atoms with E-state index in [1.54, 1.807) is 0 Å². The highest BCUT2D eigenvalue weighted by atomic mass is 32.2. The third-order valence-corrected chi connectivity index (χ3v) is 5.15. The molecular formula is C24H30FN5O3S. The van der Waals surface area contributed by atoms with Gasteiger partial charge in [-0.2, -0.15) is 0 Å². The lowest BCUT2D eigenvalue weighted by atomic mass is 10.1. The summed E-state index contributed by atoms with van der Waals surface area (Å²) in [7, 11) is 1.91. The predicted molar refractivity (Wildman–Crippen MR) is 134 cm³/mol. The number of ether oxygens (including phenoxy) is 1. The number of para-hydroxylation sites is 1. The van der Waals surface area contributed by atoms with Crippen molar-refractivity contribution in [1.29, 1.82) is 0 Å². The molecule has 34 heavy (non-hydrogen) atoms. The Morgan fingerprint density at radius 2 is 1.94 bits per heavy atom. The normalized spacial score (nSPS) is 11.1. The zero-order valence-electron chi connectivity index (χ0n) is 19.0. The standard InChI is InChI=1S/C14H20FN3O3S.C10H10N2/c15-12-6-4-11(5-7-12)10-21-14(20)18-13(9-19)3-1-2-8-17-22-16;1-11-9-6-2-4-8-5-3-7-12-10(8)9/h4-7,9,13,17H,1-3,8,10,16H2,(H,18,20);2-7,11H,1H3. The number of nitrogens with two attached hydrogens (primary N) is 1. The summed E-state index contributed by atoms with van der Waals surface area (Å²) in [5, 5.41) is 12.0. The number of nitrogens with one attached hydrogen (secondary N) is 3. The summed E-state index contributed by atoms with van der Waals surface area (Å²) in [6.45, 7) is 0.761. The van der Waals surface area contributed by atoms with Crippen LogP contribution in [0.1, 0.15) is 24.8 Å². The Labute approximate surface area is 203 Å². The molecule has 1 unspecified atom stereocenters. The summed E-state index contributed by atoms with van der Waals surface area (Å²) in [5.41, 5.74) is 2.78. The van der Waals surface area contributed by atoms with Gasteiger partial charge in [-0.3, -0.25) is 14.8 Å². The molecule has 0 aliphatic carbocycles. The van der Waals surface area contributed by atoms with E-state index in [0.29, 0.717) is 18.3 Å². The van der Waals surface area contributed by atoms with E-state index in [9.17, 15) is 14.0 Å². The molecular weight excluding hydrogens is 457 g/mol. The van der Waals surface area contributed by atoms with Crippen molar-refractivity contribution in [3.8, 4) is 0 Å². The predicted octanol–water partition coefficient (Wildman–Crippen LogP) is 4.18. The van der Waals surface area contributed by atoms with Crippen molar-refractivity contribution in [2.75, 3.05) is 18.9 Å². The molecule has 10 heteroatoms. The van der Waals surface area contributed by atoms with E-state index < -0.39 is 12.1 Å². The molecule has 1 aromatic heterocycles. The van der Waals surface area contributed by atoms with Gasteiger partial charge >= 0.3 is 6.09 Å². The summed E-state index contributed by atoms with van der Waals surface area (Å²) in [5.74, 6) is -0.350. The van der Waals surface area contributed by atoms with E-state index in [0.717, 1.165) is 42.7 Å². The minimum atomic E-state index is -0.669. The summed E-state index contributed by atoms with van der Waals surface area (Å²) in [4.78, 5) is 26.8. The van der Waals surface area contributed by atoms with Crippen LogP contribution in [0, 0.1) is 5.82 Å². The monoisotopic (exact) mass is 487 g/mol. The lowest BCUT2D eigenvalue weighted by molar-refractivity contribution is -0.109. The number of nitrogens with zero attached hydrogens (tertiary/aromatic N) is 1. The first-order chi connectivity index (χ1) is 16.6. The van der Waals surface area contributed by atoms with Crippen LogP contribution in [-0.2, 0) is 16.1 Å². The Morgan fingerprint density at radius 1 is 1.18 bits per heavy atom. The van der Waals surface area contributed by atoms with Gasteiger partial charge in [-0.1, -0.05) is 30.3 Å². The second kappa shape index (κ2) is 15.6. The minimum Gasteiger partial charge on any atom is -0.445 e. The van der Waals surface area contributed by atoms with Crippen molar-refractivity contribution in [2.24, 2.45) is 5.14 Å². The van der Waals surface area contributed by atoms with Crippen LogP contribution >= 0.6 is 12.1 Å². The van der Waals surface area contributed by atoms with Crippen LogP contribution in [0.15, 0.2) is 60.8 Å². The zero-order chi connectivity index (χ0) is 24.6. The Kier molecular flexibility index (Phi) is 12.4. The van der Waals surface area contributed by atoms with E-state index >= 15 is 0 Å². The highest BCUT2D eigenvalue weighted by Crippen LogP contribution is 2.19. The number of hydrogen-bond acceptors (Lipinski definition) is 8. The topological polar surface area (TPSA) is 118 Å². The summed E-state index contributed by atoms with van der Waals surface area (Å²) in [6, 6.07) is 15.2. The van der Waals surface area contributed by atoms with Crippen LogP contribution in [0.3, 0.4) is 0 Å². The number of carbonyl (C=O) groups excluding carboxylic acids is 2. The quantitative estimate of drug-likeness (QED) is 0.181. The van der Waals surface area contributed by atoms with E-state index in [1.165, 1.54) is 29.7 Å². The minimum absolute atomic E-state index is 0.0231. The molecule has 0 saturated carbocycles. The van der Waals surface area contributed by atoms with Gasteiger partial charge in [0.2, 0.25) is 0 Å². The molecule has 3 rings (SSSR count). The summed E-state index contributed by atoms with van der Waals surface area (Å²) >= 11 is 1.05. The fourth-order valence-corrected chi connectivity index (χ4v) is 3.29. The number of carbonyl (C=O) groups is 2. The molecule has 0 bridgehead atoms. The maximum absolute atomic E-state index is 12.7. The van der Waals surface area contributed by atoms with Gasteiger partial charge in [-0.25, -0.2) is 9.18 Å². The van der Waals surface area contributed by atoms with Crippen LogP contribution in [0.4, 0.5) is 14.9 Å². The highest BCUT2D eigenvalue weighted by Gasteiger charge is 2.12. The average Bonchev–Trinajstić information content (AvgIpc) is 2.87. The largest absolute Gasteiger partial charge is 0.445 e. The number of aromatic nitrogens is 1. The summed E-state index contributed by atoms with van der Waals surface area (Å²) < 4.78 is 20.6. The maximum atomic E-state index is 12.7. The Hall–Kier alpha value is -3.21. The molecule has 1 atom stereocenters. The molecule has 2 aromatic carbocycles. The first-order valence-corrected chi connectivity index (χ1v) is 11.7. The van der Waals surface area contributed by atoms with Gasteiger partial charge in [0.25, 0.3) is 0 Å². The first kappa shape index (κ1) is 27.0. The molecule has 0 saturated heterocycles. The lowest BCUT2D eigenvalue weighted by Gasteiger charge is -2.13. The van der Waals surface area contributed by atoms with E-state index in [4.69, 9.17) is 9.88 Å². The molecule has 1 heterocycles. The number of pyridine rings is 1. The van der Waals surface area contributed by atoms with E-state index in [1.807, 2.05) is 31.4 Å². The van der Waals surface area contributed by atoms with Gasteiger partial charge in [0.15, 0.2) is 0 Å². The molecule has 0 aliphatic rings. The molecule has 182 valence electrons. The van der Waals surface area contributed by atoms with Crippen LogP contribution in [0.5, 0.6) is 0 Å². The maximum Gasteiger partial charge on any atom is 0.408 e. The number of fused-ring (bicyclic) bond motifs is 1. The molecule has 5 N–H and O–H groups in total. The van der Waals surface area contributed by atoms with Gasteiger partial charge in [0, 0.05) is 37.3 Å². The van der Waals surface area contributed by atoms with Crippen LogP contribution in [0.2, 0.25) is 0 Å². The average molecular weight is 488 g/mol. The zero-order valence-corrected chi connectivity index (χ0v) is 19.8. The third-order valence-electron chi connectivity index (χ3n) is 4.78. The molecule has 0 aliphatic heterocycles. The number of anilines is 1. The van der Waals surface area contributed by atoms with Crippen LogP contribution < -0.4 is 20.5 Å². The van der Waals surface area contributed by atoms with Gasteiger partial charge in [-0.15, -0.1) is 0 Å². The van der Waals surface area contributed by atoms with Gasteiger partial charge in [0.1, 0.15) is 18.7 Å². The fourth-order valence-electron chi connectivity index (χ4n) is 3.02. The smallest absolute Gasteiger partial charge is 0.408 e. The van der Waals surface area contributed by atoms with Crippen molar-refractivity contribution in [1.82, 2.24) is 15.0 Å². The number of amides is 1. The SMILES string of the molecule is CNc1cccc2cccnc12.NSNCCCCC(C=O)NC(=O)OCc1ccc(F)cc1. The molecule has 0 spiro atoms. The molecule has 3 aromatic rings. The van der Waals surface area contributed by atoms with E-state index in [-0.39, 0.29) is 12.4 Å². The van der Waals surface area contributed by atoms with Crippen LogP contribution in [-0.4, -0.2) is 37.0 Å². The summed E-state index contributed by atoms with van der Waals surface area (Å²) in [6.07, 6.45) is 3.98. The fraction of sp³-hybridized carbons (Fsp3) is 0.292. The number of benzene rings is 2. The van der Waals surface area contributed by atoms with Gasteiger partial charge < -0.3 is 20.2 Å². The Balaban J connectivity index is 0.000000283. The third kappa shape index (κ3) is 9.74. The Morgan fingerprint density at radius 3 is 2.65 bits per heavy atom. The molecule has 0 fully saturated rings.